The Bertz CT molecular complexity index is 433. The van der Waals surface area contributed by atoms with Gasteiger partial charge in [0.05, 0.1) is 18.4 Å². The number of anilines is 1. The summed E-state index contributed by atoms with van der Waals surface area (Å²) in [7, 11) is 1.71. The van der Waals surface area contributed by atoms with Crippen LogP contribution in [0.5, 0.6) is 5.75 Å². The van der Waals surface area contributed by atoms with Crippen molar-refractivity contribution in [1.29, 1.82) is 0 Å². The molecule has 0 fully saturated rings. The van der Waals surface area contributed by atoms with Gasteiger partial charge in [0, 0.05) is 19.2 Å². The third-order valence-electron chi connectivity index (χ3n) is 2.79. The molecule has 0 saturated heterocycles. The molecule has 1 aromatic carbocycles. The van der Waals surface area contributed by atoms with E-state index in [0.717, 1.165) is 0 Å². The summed E-state index contributed by atoms with van der Waals surface area (Å²) in [6.07, 6.45) is 0.134. The molecule has 106 valence electrons. The van der Waals surface area contributed by atoms with Gasteiger partial charge in [-0.3, -0.25) is 4.79 Å². The van der Waals surface area contributed by atoms with Gasteiger partial charge in [-0.1, -0.05) is 0 Å². The summed E-state index contributed by atoms with van der Waals surface area (Å²) in [6, 6.07) is 5.02. The Balaban J connectivity index is 2.74. The van der Waals surface area contributed by atoms with Crippen LogP contribution >= 0.6 is 0 Å². The molecule has 1 unspecified atom stereocenters. The summed E-state index contributed by atoms with van der Waals surface area (Å²) < 4.78 is 5.33. The average molecular weight is 266 g/mol. The minimum absolute atomic E-state index is 0.115. The lowest BCUT2D eigenvalue weighted by Gasteiger charge is -2.18. The Kier molecular flexibility index (Phi) is 5.63. The molecule has 19 heavy (non-hydrogen) atoms. The second-order valence-corrected chi connectivity index (χ2v) is 4.55. The number of hydrogen-bond donors (Lipinski definition) is 2. The quantitative estimate of drug-likeness (QED) is 0.765. The van der Waals surface area contributed by atoms with Crippen LogP contribution in [0.15, 0.2) is 18.2 Å². The van der Waals surface area contributed by atoms with E-state index in [9.17, 15) is 9.90 Å². The zero-order chi connectivity index (χ0) is 14.4. The standard InChI is InChI=1S/C14H22N2O3/c1-4-19-13-6-5-11(9-12(13)15)14(18)16(3)8-7-10(2)17/h5-6,9-10,17H,4,7-8,15H2,1-3H3. The molecule has 1 aromatic rings. The molecule has 0 heterocycles. The van der Waals surface area contributed by atoms with Crippen molar-refractivity contribution in [2.45, 2.75) is 26.4 Å². The van der Waals surface area contributed by atoms with Crippen molar-refractivity contribution >= 4 is 11.6 Å². The Morgan fingerprint density at radius 1 is 1.53 bits per heavy atom. The van der Waals surface area contributed by atoms with Gasteiger partial charge in [-0.15, -0.1) is 0 Å². The van der Waals surface area contributed by atoms with Gasteiger partial charge in [-0.05, 0) is 38.5 Å². The van der Waals surface area contributed by atoms with Gasteiger partial charge in [0.2, 0.25) is 0 Å². The van der Waals surface area contributed by atoms with Crippen LogP contribution in [-0.4, -0.2) is 42.2 Å². The smallest absolute Gasteiger partial charge is 0.253 e. The lowest BCUT2D eigenvalue weighted by atomic mass is 10.1. The van der Waals surface area contributed by atoms with Crippen LogP contribution in [-0.2, 0) is 0 Å². The number of nitrogens with two attached hydrogens (primary N) is 1. The number of ether oxygens (including phenoxy) is 1. The first-order chi connectivity index (χ1) is 8.95. The fraction of sp³-hybridized carbons (Fsp3) is 0.500. The highest BCUT2D eigenvalue weighted by atomic mass is 16.5. The van der Waals surface area contributed by atoms with Gasteiger partial charge in [-0.25, -0.2) is 0 Å². The highest BCUT2D eigenvalue weighted by molar-refractivity contribution is 5.95. The van der Waals surface area contributed by atoms with Crippen LogP contribution in [0.3, 0.4) is 0 Å². The van der Waals surface area contributed by atoms with Gasteiger partial charge in [0.25, 0.3) is 5.91 Å². The van der Waals surface area contributed by atoms with E-state index < -0.39 is 6.10 Å². The van der Waals surface area contributed by atoms with Crippen molar-refractivity contribution in [1.82, 2.24) is 4.90 Å². The number of rotatable bonds is 6. The second kappa shape index (κ2) is 6.99. The molecule has 1 rings (SSSR count). The monoisotopic (exact) mass is 266 g/mol. The molecule has 0 radical (unpaired) electrons. The van der Waals surface area contributed by atoms with Crippen molar-refractivity contribution in [2.75, 3.05) is 25.9 Å². The lowest BCUT2D eigenvalue weighted by Crippen LogP contribution is -2.29. The number of carbonyl (C=O) groups is 1. The van der Waals surface area contributed by atoms with Crippen LogP contribution in [0.25, 0.3) is 0 Å². The molecular formula is C14H22N2O3. The van der Waals surface area contributed by atoms with Gasteiger partial charge in [-0.2, -0.15) is 0 Å². The van der Waals surface area contributed by atoms with E-state index in [0.29, 0.717) is 36.6 Å². The average Bonchev–Trinajstić information content (AvgIpc) is 2.37. The van der Waals surface area contributed by atoms with Gasteiger partial charge >= 0.3 is 0 Å². The molecule has 5 heteroatoms. The first kappa shape index (κ1) is 15.3. The number of nitrogen functional groups attached to an aromatic ring is 1. The zero-order valence-electron chi connectivity index (χ0n) is 11.7. The Labute approximate surface area is 114 Å². The highest BCUT2D eigenvalue weighted by Gasteiger charge is 2.13. The number of benzene rings is 1. The zero-order valence-corrected chi connectivity index (χ0v) is 11.7. The van der Waals surface area contributed by atoms with Crippen molar-refractivity contribution in [3.63, 3.8) is 0 Å². The number of amides is 1. The maximum absolute atomic E-state index is 12.1. The largest absolute Gasteiger partial charge is 0.492 e. The van der Waals surface area contributed by atoms with E-state index in [1.54, 1.807) is 37.1 Å². The van der Waals surface area contributed by atoms with E-state index in [4.69, 9.17) is 10.5 Å². The summed E-state index contributed by atoms with van der Waals surface area (Å²) in [6.45, 7) is 4.62. The summed E-state index contributed by atoms with van der Waals surface area (Å²) >= 11 is 0. The number of carbonyl (C=O) groups excluding carboxylic acids is 1. The van der Waals surface area contributed by atoms with Gasteiger partial charge < -0.3 is 20.5 Å². The maximum Gasteiger partial charge on any atom is 0.253 e. The molecule has 0 aromatic heterocycles. The summed E-state index contributed by atoms with van der Waals surface area (Å²) in [4.78, 5) is 13.7. The third kappa shape index (κ3) is 4.44. The Hall–Kier alpha value is -1.75. The van der Waals surface area contributed by atoms with Crippen molar-refractivity contribution in [3.8, 4) is 5.75 Å². The Morgan fingerprint density at radius 3 is 2.74 bits per heavy atom. The van der Waals surface area contributed by atoms with Gasteiger partial charge in [0.15, 0.2) is 0 Å². The summed E-state index contributed by atoms with van der Waals surface area (Å²) in [5.41, 5.74) is 6.81. The minimum Gasteiger partial charge on any atom is -0.492 e. The predicted octanol–water partition coefficient (Wildman–Crippen LogP) is 1.51. The molecule has 0 aliphatic heterocycles. The van der Waals surface area contributed by atoms with E-state index in [1.165, 1.54) is 0 Å². The van der Waals surface area contributed by atoms with Crippen LogP contribution in [0, 0.1) is 0 Å². The molecule has 0 bridgehead atoms. The second-order valence-electron chi connectivity index (χ2n) is 4.55. The molecule has 5 nitrogen and oxygen atoms in total. The molecule has 0 spiro atoms. The topological polar surface area (TPSA) is 75.8 Å². The summed E-state index contributed by atoms with van der Waals surface area (Å²) in [5.74, 6) is 0.473. The highest BCUT2D eigenvalue weighted by Crippen LogP contribution is 2.23. The van der Waals surface area contributed by atoms with Crippen molar-refractivity contribution in [2.24, 2.45) is 0 Å². The molecule has 1 amide bonds. The first-order valence-corrected chi connectivity index (χ1v) is 6.41. The van der Waals surface area contributed by atoms with E-state index >= 15 is 0 Å². The molecule has 0 aliphatic carbocycles. The minimum atomic E-state index is -0.416. The third-order valence-corrected chi connectivity index (χ3v) is 2.79. The number of aliphatic hydroxyl groups excluding tert-OH is 1. The lowest BCUT2D eigenvalue weighted by molar-refractivity contribution is 0.0769. The van der Waals surface area contributed by atoms with E-state index in [1.807, 2.05) is 6.92 Å². The number of hydrogen-bond acceptors (Lipinski definition) is 4. The van der Waals surface area contributed by atoms with Crippen LogP contribution in [0.2, 0.25) is 0 Å². The maximum atomic E-state index is 12.1. The fourth-order valence-electron chi connectivity index (χ4n) is 1.67. The number of nitrogens with zero attached hydrogens (tertiary/aromatic N) is 1. The number of aliphatic hydroxyl groups is 1. The van der Waals surface area contributed by atoms with Crippen molar-refractivity contribution in [3.05, 3.63) is 23.8 Å². The van der Waals surface area contributed by atoms with Gasteiger partial charge in [0.1, 0.15) is 5.75 Å². The molecule has 3 N–H and O–H groups in total. The first-order valence-electron chi connectivity index (χ1n) is 6.41. The Morgan fingerprint density at radius 2 is 2.21 bits per heavy atom. The molecule has 1 atom stereocenters. The van der Waals surface area contributed by atoms with Crippen LogP contribution in [0.1, 0.15) is 30.6 Å². The normalized spacial score (nSPS) is 12.0. The molecule has 0 aliphatic rings. The SMILES string of the molecule is CCOc1ccc(C(=O)N(C)CCC(C)O)cc1N. The fourth-order valence-corrected chi connectivity index (χ4v) is 1.67. The van der Waals surface area contributed by atoms with Crippen LogP contribution in [0.4, 0.5) is 5.69 Å². The summed E-state index contributed by atoms with van der Waals surface area (Å²) in [5, 5.41) is 9.22. The molecular weight excluding hydrogens is 244 g/mol. The predicted molar refractivity (Wildman–Crippen MR) is 75.3 cm³/mol. The van der Waals surface area contributed by atoms with Crippen molar-refractivity contribution < 1.29 is 14.6 Å². The van der Waals surface area contributed by atoms with E-state index in [2.05, 4.69) is 0 Å². The van der Waals surface area contributed by atoms with E-state index in [-0.39, 0.29) is 5.91 Å². The molecule has 0 saturated carbocycles. The van der Waals surface area contributed by atoms with Crippen LogP contribution < -0.4 is 10.5 Å².